The maximum absolute atomic E-state index is 14.4. The number of ether oxygens (including phenoxy) is 2. The van der Waals surface area contributed by atoms with Gasteiger partial charge in [-0.2, -0.15) is 13.2 Å². The van der Waals surface area contributed by atoms with Gasteiger partial charge in [-0.25, -0.2) is 8.78 Å². The van der Waals surface area contributed by atoms with Gasteiger partial charge >= 0.3 is 6.18 Å². The predicted molar refractivity (Wildman–Crippen MR) is 99.7 cm³/mol. The number of halogens is 5. The van der Waals surface area contributed by atoms with Gasteiger partial charge in [0, 0.05) is 18.1 Å². The van der Waals surface area contributed by atoms with Crippen LogP contribution in [0, 0.1) is 11.6 Å². The van der Waals surface area contributed by atoms with E-state index in [4.69, 9.17) is 9.47 Å². The molecule has 1 aliphatic rings. The second-order valence-electron chi connectivity index (χ2n) is 6.96. The molecule has 0 unspecified atom stereocenters. The minimum absolute atomic E-state index is 0.0674. The molecule has 0 aliphatic carbocycles. The molecule has 0 aromatic heterocycles. The highest BCUT2D eigenvalue weighted by Gasteiger charge is 2.38. The third-order valence-electron chi connectivity index (χ3n) is 4.70. The van der Waals surface area contributed by atoms with E-state index in [0.29, 0.717) is 11.6 Å². The molecule has 10 heteroatoms. The molecule has 0 saturated carbocycles. The summed E-state index contributed by atoms with van der Waals surface area (Å²) in [5, 5.41) is 28.9. The van der Waals surface area contributed by atoms with Crippen molar-refractivity contribution in [2.45, 2.75) is 37.2 Å². The van der Waals surface area contributed by atoms with Crippen LogP contribution in [0.3, 0.4) is 0 Å². The van der Waals surface area contributed by atoms with Gasteiger partial charge in [-0.15, -0.1) is 0 Å². The van der Waals surface area contributed by atoms with Crippen LogP contribution in [0.1, 0.15) is 23.1 Å². The van der Waals surface area contributed by atoms with E-state index < -0.39 is 60.3 Å². The standard InChI is InChI=1S/C21H19F5O5/c22-14-7-12(4-1-11-2-5-13(6-3-11)21(24,25)26)20(15(23)8-14)31-18-9-16(28)19(29)17(10-27)30-18/h1-8,16-19,27-29H,9-10H2/b4-1+/t16-,17-,18+,19+/m1/s1. The molecule has 1 saturated heterocycles. The molecular formula is C21H19F5O5. The highest BCUT2D eigenvalue weighted by atomic mass is 19.4. The number of aliphatic hydroxyl groups excluding tert-OH is 3. The number of alkyl halides is 3. The van der Waals surface area contributed by atoms with Gasteiger partial charge in [0.15, 0.2) is 11.6 Å². The molecule has 0 spiro atoms. The Morgan fingerprint density at radius 3 is 2.35 bits per heavy atom. The molecule has 168 valence electrons. The molecule has 1 aliphatic heterocycles. The second kappa shape index (κ2) is 9.31. The summed E-state index contributed by atoms with van der Waals surface area (Å²) in [7, 11) is 0. The normalized spacial score (nSPS) is 24.5. The van der Waals surface area contributed by atoms with Crippen molar-refractivity contribution < 1.29 is 46.7 Å². The SMILES string of the molecule is OC[C@H]1O[C@@H](Oc2c(F)cc(F)cc2/C=C/c2ccc(C(F)(F)F)cc2)C[C@@H](O)[C@@H]1O. The Bertz CT molecular complexity index is 929. The fraction of sp³-hybridized carbons (Fsp3) is 0.333. The third-order valence-corrected chi connectivity index (χ3v) is 4.70. The van der Waals surface area contributed by atoms with Crippen LogP contribution in [0.2, 0.25) is 0 Å². The van der Waals surface area contributed by atoms with Crippen molar-refractivity contribution >= 4 is 12.2 Å². The molecule has 2 aromatic carbocycles. The van der Waals surface area contributed by atoms with Crippen LogP contribution >= 0.6 is 0 Å². The summed E-state index contributed by atoms with van der Waals surface area (Å²) in [4.78, 5) is 0. The summed E-state index contributed by atoms with van der Waals surface area (Å²) in [5.41, 5.74) is -0.558. The number of aliphatic hydroxyl groups is 3. The fourth-order valence-electron chi connectivity index (χ4n) is 3.07. The lowest BCUT2D eigenvalue weighted by Crippen LogP contribution is -2.51. The Labute approximate surface area is 174 Å². The van der Waals surface area contributed by atoms with E-state index in [-0.39, 0.29) is 12.0 Å². The van der Waals surface area contributed by atoms with Gasteiger partial charge in [-0.1, -0.05) is 24.3 Å². The lowest BCUT2D eigenvalue weighted by molar-refractivity contribution is -0.230. The highest BCUT2D eigenvalue weighted by Crippen LogP contribution is 2.32. The first-order valence-electron chi connectivity index (χ1n) is 9.22. The van der Waals surface area contributed by atoms with Crippen molar-refractivity contribution in [2.75, 3.05) is 6.61 Å². The van der Waals surface area contributed by atoms with Gasteiger partial charge < -0.3 is 24.8 Å². The Hall–Kier alpha value is -2.53. The molecule has 1 fully saturated rings. The molecule has 0 bridgehead atoms. The molecule has 4 atom stereocenters. The van der Waals surface area contributed by atoms with E-state index >= 15 is 0 Å². The molecule has 3 N–H and O–H groups in total. The monoisotopic (exact) mass is 446 g/mol. The van der Waals surface area contributed by atoms with E-state index in [1.54, 1.807) is 0 Å². The van der Waals surface area contributed by atoms with Gasteiger partial charge in [0.05, 0.1) is 18.3 Å². The van der Waals surface area contributed by atoms with Crippen molar-refractivity contribution in [3.63, 3.8) is 0 Å². The van der Waals surface area contributed by atoms with Gasteiger partial charge in [0.25, 0.3) is 0 Å². The zero-order valence-corrected chi connectivity index (χ0v) is 15.9. The number of benzene rings is 2. The van der Waals surface area contributed by atoms with Crippen LogP contribution in [0.4, 0.5) is 22.0 Å². The zero-order valence-electron chi connectivity index (χ0n) is 15.9. The molecule has 5 nitrogen and oxygen atoms in total. The molecule has 0 radical (unpaired) electrons. The Balaban J connectivity index is 1.84. The van der Waals surface area contributed by atoms with E-state index in [9.17, 15) is 37.3 Å². The molecule has 0 amide bonds. The first-order valence-corrected chi connectivity index (χ1v) is 9.22. The summed E-state index contributed by atoms with van der Waals surface area (Å²) in [6, 6.07) is 5.67. The van der Waals surface area contributed by atoms with E-state index in [2.05, 4.69) is 0 Å². The van der Waals surface area contributed by atoms with Crippen LogP contribution in [-0.4, -0.2) is 46.5 Å². The largest absolute Gasteiger partial charge is 0.461 e. The first-order chi connectivity index (χ1) is 14.6. The summed E-state index contributed by atoms with van der Waals surface area (Å²) in [6.07, 6.45) is -7.19. The molecule has 2 aromatic rings. The van der Waals surface area contributed by atoms with Gasteiger partial charge in [0.2, 0.25) is 6.29 Å². The maximum Gasteiger partial charge on any atom is 0.416 e. The summed E-state index contributed by atoms with van der Waals surface area (Å²) < 4.78 is 76.8. The minimum atomic E-state index is -4.49. The van der Waals surface area contributed by atoms with Crippen LogP contribution in [0.15, 0.2) is 36.4 Å². The lowest BCUT2D eigenvalue weighted by atomic mass is 10.0. The molecule has 3 rings (SSSR count). The van der Waals surface area contributed by atoms with Crippen molar-refractivity contribution in [3.05, 3.63) is 64.7 Å². The van der Waals surface area contributed by atoms with Crippen molar-refractivity contribution in [2.24, 2.45) is 0 Å². The maximum atomic E-state index is 14.4. The number of hydrogen-bond donors (Lipinski definition) is 3. The van der Waals surface area contributed by atoms with E-state index in [1.807, 2.05) is 0 Å². The molecule has 1 heterocycles. The molecular weight excluding hydrogens is 427 g/mol. The highest BCUT2D eigenvalue weighted by molar-refractivity contribution is 5.72. The second-order valence-corrected chi connectivity index (χ2v) is 6.96. The van der Waals surface area contributed by atoms with Gasteiger partial charge in [0.1, 0.15) is 18.0 Å². The Morgan fingerprint density at radius 1 is 1.06 bits per heavy atom. The molecule has 31 heavy (non-hydrogen) atoms. The average molecular weight is 446 g/mol. The quantitative estimate of drug-likeness (QED) is 0.485. The first kappa shape index (κ1) is 23.1. The van der Waals surface area contributed by atoms with Gasteiger partial charge in [-0.05, 0) is 23.8 Å². The topological polar surface area (TPSA) is 79.2 Å². The van der Waals surface area contributed by atoms with Crippen LogP contribution in [0.25, 0.3) is 12.2 Å². The van der Waals surface area contributed by atoms with Crippen LogP contribution in [0.5, 0.6) is 5.75 Å². The summed E-state index contributed by atoms with van der Waals surface area (Å²) in [6.45, 7) is -0.620. The number of hydrogen-bond acceptors (Lipinski definition) is 5. The van der Waals surface area contributed by atoms with Crippen LogP contribution in [-0.2, 0) is 10.9 Å². The van der Waals surface area contributed by atoms with Gasteiger partial charge in [-0.3, -0.25) is 0 Å². The Kier molecular flexibility index (Phi) is 6.95. The predicted octanol–water partition coefficient (Wildman–Crippen LogP) is 3.36. The van der Waals surface area contributed by atoms with E-state index in [0.717, 1.165) is 18.2 Å². The minimum Gasteiger partial charge on any atom is -0.461 e. The fourth-order valence-corrected chi connectivity index (χ4v) is 3.07. The average Bonchev–Trinajstić information content (AvgIpc) is 2.70. The smallest absolute Gasteiger partial charge is 0.416 e. The van der Waals surface area contributed by atoms with Crippen molar-refractivity contribution in [1.82, 2.24) is 0 Å². The van der Waals surface area contributed by atoms with Crippen molar-refractivity contribution in [3.8, 4) is 5.75 Å². The van der Waals surface area contributed by atoms with Crippen LogP contribution < -0.4 is 4.74 Å². The summed E-state index contributed by atoms with van der Waals surface area (Å²) in [5.74, 6) is -2.41. The Morgan fingerprint density at radius 2 is 1.74 bits per heavy atom. The van der Waals surface area contributed by atoms with E-state index in [1.165, 1.54) is 24.3 Å². The lowest BCUT2D eigenvalue weighted by Gasteiger charge is -2.36. The van der Waals surface area contributed by atoms with Crippen molar-refractivity contribution in [1.29, 1.82) is 0 Å². The zero-order chi connectivity index (χ0) is 22.8. The number of rotatable bonds is 5. The summed E-state index contributed by atoms with van der Waals surface area (Å²) >= 11 is 0. The third kappa shape index (κ3) is 5.59.